The lowest BCUT2D eigenvalue weighted by molar-refractivity contribution is 0.941. The monoisotopic (exact) mass is 312 g/mol. The molecule has 2 aromatic heterocycles. The van der Waals surface area contributed by atoms with Gasteiger partial charge in [-0.25, -0.2) is 0 Å². The van der Waals surface area contributed by atoms with E-state index in [1.165, 1.54) is 19.8 Å². The van der Waals surface area contributed by atoms with E-state index in [0.717, 1.165) is 11.4 Å². The Kier molecular flexibility index (Phi) is 3.62. The molecule has 92 valence electrons. The van der Waals surface area contributed by atoms with E-state index < -0.39 is 0 Å². The molecule has 0 aliphatic rings. The molecule has 4 heteroatoms. The Morgan fingerprint density at radius 1 is 1.06 bits per heavy atom. The fraction of sp³-hybridized carbons (Fsp3) is 0.143. The summed E-state index contributed by atoms with van der Waals surface area (Å²) in [6, 6.07) is 12.3. The molecular formula is C14H10Cl2S2. The Bertz CT molecular complexity index is 623. The summed E-state index contributed by atoms with van der Waals surface area (Å²) in [5, 5.41) is 2.92. The second kappa shape index (κ2) is 5.22. The molecule has 0 aliphatic heterocycles. The molecule has 2 heterocycles. The number of alkyl halides is 1. The van der Waals surface area contributed by atoms with Gasteiger partial charge in [-0.2, -0.15) is 0 Å². The van der Waals surface area contributed by atoms with Crippen LogP contribution in [-0.4, -0.2) is 0 Å². The summed E-state index contributed by atoms with van der Waals surface area (Å²) in [7, 11) is 0. The van der Waals surface area contributed by atoms with Gasteiger partial charge in [0.1, 0.15) is 0 Å². The molecule has 1 atom stereocenters. The third-order valence-electron chi connectivity index (χ3n) is 2.80. The predicted octanol–water partition coefficient (Wildman–Crippen LogP) is 6.14. The van der Waals surface area contributed by atoms with Crippen LogP contribution in [0.1, 0.15) is 15.8 Å². The fourth-order valence-corrected chi connectivity index (χ4v) is 4.47. The number of hydrogen-bond donors (Lipinski definition) is 0. The Balaban J connectivity index is 1.80. The molecule has 0 amide bonds. The molecular weight excluding hydrogens is 303 g/mol. The van der Waals surface area contributed by atoms with Gasteiger partial charge in [0.15, 0.2) is 0 Å². The van der Waals surface area contributed by atoms with Gasteiger partial charge in [-0.1, -0.05) is 23.7 Å². The molecule has 0 spiro atoms. The average Bonchev–Trinajstić information content (AvgIpc) is 2.92. The standard InChI is InChI=1S/C14H10Cl2S2/c15-10-3-1-9(2-4-10)7-11(16)13-8-14-12(18-13)5-6-17-14/h1-6,8,11H,7H2. The largest absolute Gasteiger partial charge is 0.143 e. The summed E-state index contributed by atoms with van der Waals surface area (Å²) < 4.78 is 2.66. The smallest absolute Gasteiger partial charge is 0.0719 e. The van der Waals surface area contributed by atoms with Crippen molar-refractivity contribution in [3.05, 3.63) is 57.2 Å². The van der Waals surface area contributed by atoms with Gasteiger partial charge in [-0.05, 0) is 41.6 Å². The van der Waals surface area contributed by atoms with Crippen LogP contribution in [0.15, 0.2) is 41.8 Å². The van der Waals surface area contributed by atoms with Crippen molar-refractivity contribution in [2.45, 2.75) is 11.8 Å². The number of halogens is 2. The zero-order valence-corrected chi connectivity index (χ0v) is 12.5. The number of rotatable bonds is 3. The van der Waals surface area contributed by atoms with Crippen molar-refractivity contribution in [3.8, 4) is 0 Å². The maximum absolute atomic E-state index is 6.49. The molecule has 0 bridgehead atoms. The number of thiophene rings is 2. The van der Waals surface area contributed by atoms with Gasteiger partial charge < -0.3 is 0 Å². The number of benzene rings is 1. The van der Waals surface area contributed by atoms with E-state index in [9.17, 15) is 0 Å². The fourth-order valence-electron chi connectivity index (χ4n) is 1.87. The van der Waals surface area contributed by atoms with Crippen LogP contribution in [0, 0.1) is 0 Å². The first-order valence-electron chi connectivity index (χ1n) is 5.58. The summed E-state index contributed by atoms with van der Waals surface area (Å²) in [5.74, 6) is 0. The van der Waals surface area contributed by atoms with Gasteiger partial charge >= 0.3 is 0 Å². The second-order valence-corrected chi connectivity index (χ2v) is 7.12. The Morgan fingerprint density at radius 3 is 2.56 bits per heavy atom. The zero-order valence-electron chi connectivity index (χ0n) is 9.40. The van der Waals surface area contributed by atoms with E-state index in [0.29, 0.717) is 0 Å². The lowest BCUT2D eigenvalue weighted by Crippen LogP contribution is -1.92. The van der Waals surface area contributed by atoms with Crippen molar-refractivity contribution in [2.75, 3.05) is 0 Å². The maximum Gasteiger partial charge on any atom is 0.0719 e. The van der Waals surface area contributed by atoms with Crippen LogP contribution in [0.2, 0.25) is 5.02 Å². The van der Waals surface area contributed by atoms with Crippen LogP contribution in [0.4, 0.5) is 0 Å². The molecule has 0 saturated carbocycles. The van der Waals surface area contributed by atoms with E-state index in [1.54, 1.807) is 22.7 Å². The van der Waals surface area contributed by atoms with Gasteiger partial charge in [0.25, 0.3) is 0 Å². The summed E-state index contributed by atoms with van der Waals surface area (Å²) in [6.45, 7) is 0. The van der Waals surface area contributed by atoms with Crippen molar-refractivity contribution in [1.82, 2.24) is 0 Å². The number of fused-ring (bicyclic) bond motifs is 1. The first kappa shape index (κ1) is 12.5. The van der Waals surface area contributed by atoms with Gasteiger partial charge in [0.2, 0.25) is 0 Å². The Hall–Kier alpha value is -0.540. The van der Waals surface area contributed by atoms with Crippen molar-refractivity contribution in [3.63, 3.8) is 0 Å². The van der Waals surface area contributed by atoms with E-state index in [1.807, 2.05) is 24.3 Å². The SMILES string of the molecule is Clc1ccc(CC(Cl)c2cc3sccc3s2)cc1. The third-order valence-corrected chi connectivity index (χ3v) is 5.77. The van der Waals surface area contributed by atoms with Crippen LogP contribution in [0.25, 0.3) is 9.40 Å². The first-order chi connectivity index (χ1) is 8.72. The molecule has 3 aromatic rings. The minimum atomic E-state index is 0.0378. The Morgan fingerprint density at radius 2 is 1.83 bits per heavy atom. The lowest BCUT2D eigenvalue weighted by Gasteiger charge is -2.07. The molecule has 0 fully saturated rings. The van der Waals surface area contributed by atoms with Crippen molar-refractivity contribution < 1.29 is 0 Å². The summed E-state index contributed by atoms with van der Waals surface area (Å²) in [6.07, 6.45) is 0.840. The average molecular weight is 313 g/mol. The summed E-state index contributed by atoms with van der Waals surface area (Å²) in [4.78, 5) is 1.24. The van der Waals surface area contributed by atoms with Crippen LogP contribution in [0.5, 0.6) is 0 Å². The molecule has 0 saturated heterocycles. The minimum absolute atomic E-state index is 0.0378. The number of hydrogen-bond acceptors (Lipinski definition) is 2. The summed E-state index contributed by atoms with van der Waals surface area (Å²) in [5.41, 5.74) is 1.22. The highest BCUT2D eigenvalue weighted by molar-refractivity contribution is 7.27. The van der Waals surface area contributed by atoms with E-state index >= 15 is 0 Å². The van der Waals surface area contributed by atoms with Crippen molar-refractivity contribution in [1.29, 1.82) is 0 Å². The highest BCUT2D eigenvalue weighted by atomic mass is 35.5. The normalized spacial score (nSPS) is 13.0. The highest BCUT2D eigenvalue weighted by Crippen LogP contribution is 2.37. The molecule has 18 heavy (non-hydrogen) atoms. The molecule has 0 aliphatic carbocycles. The summed E-state index contributed by atoms with van der Waals surface area (Å²) >= 11 is 15.9. The molecule has 0 radical (unpaired) electrons. The van der Waals surface area contributed by atoms with Gasteiger partial charge in [0.05, 0.1) is 5.38 Å². The topological polar surface area (TPSA) is 0 Å². The van der Waals surface area contributed by atoms with Gasteiger partial charge in [-0.15, -0.1) is 34.3 Å². The molecule has 0 nitrogen and oxygen atoms in total. The molecule has 0 N–H and O–H groups in total. The van der Waals surface area contributed by atoms with Crippen LogP contribution in [0.3, 0.4) is 0 Å². The first-order valence-corrected chi connectivity index (χ1v) is 8.09. The quantitative estimate of drug-likeness (QED) is 0.510. The second-order valence-electron chi connectivity index (χ2n) is 4.10. The van der Waals surface area contributed by atoms with Crippen molar-refractivity contribution in [2.24, 2.45) is 0 Å². The van der Waals surface area contributed by atoms with Gasteiger partial charge in [-0.3, -0.25) is 0 Å². The molecule has 3 rings (SSSR count). The zero-order chi connectivity index (χ0) is 12.5. The van der Waals surface area contributed by atoms with E-state index in [4.69, 9.17) is 23.2 Å². The van der Waals surface area contributed by atoms with Crippen LogP contribution < -0.4 is 0 Å². The van der Waals surface area contributed by atoms with E-state index in [2.05, 4.69) is 17.5 Å². The Labute approximate surface area is 124 Å². The van der Waals surface area contributed by atoms with Crippen LogP contribution >= 0.6 is 45.9 Å². The van der Waals surface area contributed by atoms with Crippen LogP contribution in [-0.2, 0) is 6.42 Å². The van der Waals surface area contributed by atoms with Crippen molar-refractivity contribution >= 4 is 55.3 Å². The molecule has 1 unspecified atom stereocenters. The maximum atomic E-state index is 6.49. The molecule has 1 aromatic carbocycles. The highest BCUT2D eigenvalue weighted by Gasteiger charge is 2.13. The predicted molar refractivity (Wildman–Crippen MR) is 83.5 cm³/mol. The minimum Gasteiger partial charge on any atom is -0.143 e. The van der Waals surface area contributed by atoms with Gasteiger partial charge in [0, 0.05) is 19.3 Å². The van der Waals surface area contributed by atoms with E-state index in [-0.39, 0.29) is 5.38 Å². The lowest BCUT2D eigenvalue weighted by atomic mass is 10.1. The third kappa shape index (κ3) is 2.57.